The highest BCUT2D eigenvalue weighted by Gasteiger charge is 2.26. The Balaban J connectivity index is 2.02. The lowest BCUT2D eigenvalue weighted by atomic mass is 10.1. The molecule has 4 N–H and O–H groups in total. The van der Waals surface area contributed by atoms with Crippen LogP contribution in [0, 0.1) is 5.92 Å². The second kappa shape index (κ2) is 5.71. The van der Waals surface area contributed by atoms with Crippen LogP contribution in [0.25, 0.3) is 0 Å². The van der Waals surface area contributed by atoms with Crippen LogP contribution in [-0.4, -0.2) is 41.6 Å². The third kappa shape index (κ3) is 3.23. The molecule has 1 saturated heterocycles. The summed E-state index contributed by atoms with van der Waals surface area (Å²) in [6.45, 7) is 1.38. The Morgan fingerprint density at radius 3 is 2.58 bits per heavy atom. The van der Waals surface area contributed by atoms with Crippen molar-refractivity contribution in [2.24, 2.45) is 11.7 Å². The third-order valence-electron chi connectivity index (χ3n) is 3.23. The third-order valence-corrected chi connectivity index (χ3v) is 3.23. The summed E-state index contributed by atoms with van der Waals surface area (Å²) in [5.74, 6) is 0.126. The lowest BCUT2D eigenvalue weighted by Crippen LogP contribution is -2.29. The van der Waals surface area contributed by atoms with Gasteiger partial charge in [-0.05, 0) is 30.7 Å². The van der Waals surface area contributed by atoms with Crippen molar-refractivity contribution in [1.29, 1.82) is 0 Å². The van der Waals surface area contributed by atoms with Gasteiger partial charge in [-0.15, -0.1) is 0 Å². The number of primary amides is 1. The van der Waals surface area contributed by atoms with Crippen molar-refractivity contribution < 1.29 is 14.7 Å². The van der Waals surface area contributed by atoms with Gasteiger partial charge >= 0.3 is 6.03 Å². The van der Waals surface area contributed by atoms with Gasteiger partial charge in [-0.2, -0.15) is 0 Å². The van der Waals surface area contributed by atoms with E-state index in [-0.39, 0.29) is 18.4 Å². The molecule has 1 heterocycles. The van der Waals surface area contributed by atoms with Crippen molar-refractivity contribution in [2.75, 3.05) is 25.0 Å². The maximum atomic E-state index is 12.2. The molecule has 1 aromatic rings. The van der Waals surface area contributed by atoms with E-state index in [1.807, 2.05) is 0 Å². The molecular weight excluding hydrogens is 246 g/mol. The molecule has 6 heteroatoms. The first-order chi connectivity index (χ1) is 9.10. The minimum atomic E-state index is -0.635. The Bertz CT molecular complexity index is 473. The van der Waals surface area contributed by atoms with Crippen LogP contribution in [0.4, 0.5) is 10.5 Å². The number of anilines is 1. The number of likely N-dealkylation sites (tertiary alicyclic amines) is 1. The molecule has 1 fully saturated rings. The number of urea groups is 1. The van der Waals surface area contributed by atoms with Crippen molar-refractivity contribution in [3.8, 4) is 0 Å². The zero-order chi connectivity index (χ0) is 13.8. The van der Waals surface area contributed by atoms with Crippen molar-refractivity contribution in [2.45, 2.75) is 6.42 Å². The van der Waals surface area contributed by atoms with Crippen molar-refractivity contribution in [3.63, 3.8) is 0 Å². The van der Waals surface area contributed by atoms with E-state index in [9.17, 15) is 9.59 Å². The average Bonchev–Trinajstić information content (AvgIpc) is 2.87. The number of aliphatic hydroxyl groups excluding tert-OH is 1. The van der Waals surface area contributed by atoms with E-state index in [2.05, 4.69) is 5.32 Å². The fourth-order valence-electron chi connectivity index (χ4n) is 2.19. The Morgan fingerprint density at radius 2 is 2.05 bits per heavy atom. The SMILES string of the molecule is NC(=O)Nc1ccc(C(=O)N2CCC(CO)C2)cc1. The summed E-state index contributed by atoms with van der Waals surface area (Å²) in [5, 5.41) is 11.5. The van der Waals surface area contributed by atoms with Gasteiger partial charge in [0.2, 0.25) is 0 Å². The number of aliphatic hydroxyl groups is 1. The summed E-state index contributed by atoms with van der Waals surface area (Å²) in [4.78, 5) is 24.6. The normalized spacial score (nSPS) is 18.4. The number of nitrogens with zero attached hydrogens (tertiary/aromatic N) is 1. The molecule has 3 amide bonds. The van der Waals surface area contributed by atoms with E-state index in [1.165, 1.54) is 0 Å². The van der Waals surface area contributed by atoms with E-state index in [0.29, 0.717) is 24.3 Å². The Labute approximate surface area is 111 Å². The van der Waals surface area contributed by atoms with Crippen LogP contribution in [0.15, 0.2) is 24.3 Å². The van der Waals surface area contributed by atoms with Crippen LogP contribution in [0.5, 0.6) is 0 Å². The Kier molecular flexibility index (Phi) is 4.01. The highest BCUT2D eigenvalue weighted by atomic mass is 16.3. The number of benzene rings is 1. The zero-order valence-corrected chi connectivity index (χ0v) is 10.5. The summed E-state index contributed by atoms with van der Waals surface area (Å²) in [7, 11) is 0. The number of hydrogen-bond donors (Lipinski definition) is 3. The first-order valence-electron chi connectivity index (χ1n) is 6.17. The number of rotatable bonds is 3. The summed E-state index contributed by atoms with van der Waals surface area (Å²) in [5.41, 5.74) is 6.12. The highest BCUT2D eigenvalue weighted by molar-refractivity contribution is 5.95. The number of hydrogen-bond acceptors (Lipinski definition) is 3. The van der Waals surface area contributed by atoms with Crippen molar-refractivity contribution in [1.82, 2.24) is 4.90 Å². The quantitative estimate of drug-likeness (QED) is 0.746. The summed E-state index contributed by atoms with van der Waals surface area (Å²) >= 11 is 0. The lowest BCUT2D eigenvalue weighted by Gasteiger charge is -2.16. The van der Waals surface area contributed by atoms with Crippen LogP contribution >= 0.6 is 0 Å². The lowest BCUT2D eigenvalue weighted by molar-refractivity contribution is 0.0782. The van der Waals surface area contributed by atoms with Gasteiger partial charge in [-0.1, -0.05) is 0 Å². The number of carbonyl (C=O) groups excluding carboxylic acids is 2. The molecule has 102 valence electrons. The van der Waals surface area contributed by atoms with E-state index in [0.717, 1.165) is 6.42 Å². The van der Waals surface area contributed by atoms with Gasteiger partial charge in [0.25, 0.3) is 5.91 Å². The van der Waals surface area contributed by atoms with Crippen molar-refractivity contribution >= 4 is 17.6 Å². The van der Waals surface area contributed by atoms with Crippen LogP contribution in [0.1, 0.15) is 16.8 Å². The largest absolute Gasteiger partial charge is 0.396 e. The van der Waals surface area contributed by atoms with Gasteiger partial charge in [0, 0.05) is 36.9 Å². The highest BCUT2D eigenvalue weighted by Crippen LogP contribution is 2.19. The molecule has 1 aliphatic rings. The van der Waals surface area contributed by atoms with Gasteiger partial charge in [0.15, 0.2) is 0 Å². The van der Waals surface area contributed by atoms with E-state index < -0.39 is 6.03 Å². The molecule has 19 heavy (non-hydrogen) atoms. The van der Waals surface area contributed by atoms with Crippen LogP contribution in [-0.2, 0) is 0 Å². The smallest absolute Gasteiger partial charge is 0.316 e. The fourth-order valence-corrected chi connectivity index (χ4v) is 2.19. The van der Waals surface area contributed by atoms with E-state index in [4.69, 9.17) is 10.8 Å². The maximum Gasteiger partial charge on any atom is 0.316 e. The molecule has 0 aromatic heterocycles. The topological polar surface area (TPSA) is 95.7 Å². The van der Waals surface area contributed by atoms with Gasteiger partial charge in [-0.25, -0.2) is 4.79 Å². The van der Waals surface area contributed by atoms with E-state index in [1.54, 1.807) is 29.2 Å². The molecule has 0 spiro atoms. The molecule has 0 bridgehead atoms. The summed E-state index contributed by atoms with van der Waals surface area (Å²) in [6, 6.07) is 5.94. The minimum Gasteiger partial charge on any atom is -0.396 e. The number of nitrogens with two attached hydrogens (primary N) is 1. The minimum absolute atomic E-state index is 0.0541. The molecule has 6 nitrogen and oxygen atoms in total. The van der Waals surface area contributed by atoms with E-state index >= 15 is 0 Å². The zero-order valence-electron chi connectivity index (χ0n) is 10.5. The second-order valence-electron chi connectivity index (χ2n) is 4.66. The molecule has 2 rings (SSSR count). The number of carbonyl (C=O) groups is 2. The van der Waals surface area contributed by atoms with Crippen LogP contribution in [0.2, 0.25) is 0 Å². The van der Waals surface area contributed by atoms with Gasteiger partial charge in [0.1, 0.15) is 0 Å². The average molecular weight is 263 g/mol. The molecule has 1 aromatic carbocycles. The Morgan fingerprint density at radius 1 is 1.37 bits per heavy atom. The van der Waals surface area contributed by atoms with Crippen LogP contribution in [0.3, 0.4) is 0 Å². The molecule has 1 unspecified atom stereocenters. The summed E-state index contributed by atoms with van der Waals surface area (Å²) in [6.07, 6.45) is 0.837. The predicted molar refractivity (Wildman–Crippen MR) is 70.7 cm³/mol. The molecule has 0 aliphatic carbocycles. The first-order valence-corrected chi connectivity index (χ1v) is 6.17. The standard InChI is InChI=1S/C13H17N3O3/c14-13(19)15-11-3-1-10(2-4-11)12(18)16-6-5-9(7-16)8-17/h1-4,9,17H,5-8H2,(H3,14,15,19). The first kappa shape index (κ1) is 13.4. The molecular formula is C13H17N3O3. The summed E-state index contributed by atoms with van der Waals surface area (Å²) < 4.78 is 0. The molecule has 0 radical (unpaired) electrons. The maximum absolute atomic E-state index is 12.2. The van der Waals surface area contributed by atoms with Gasteiger partial charge in [-0.3, -0.25) is 4.79 Å². The van der Waals surface area contributed by atoms with Crippen LogP contribution < -0.4 is 11.1 Å². The fraction of sp³-hybridized carbons (Fsp3) is 0.385. The molecule has 1 aliphatic heterocycles. The predicted octanol–water partition coefficient (Wildman–Crippen LogP) is 0.632. The second-order valence-corrected chi connectivity index (χ2v) is 4.66. The molecule has 1 atom stereocenters. The monoisotopic (exact) mass is 263 g/mol. The number of nitrogens with one attached hydrogen (secondary N) is 1. The number of amides is 3. The van der Waals surface area contributed by atoms with Gasteiger partial charge in [0.05, 0.1) is 0 Å². The molecule has 0 saturated carbocycles. The van der Waals surface area contributed by atoms with Gasteiger partial charge < -0.3 is 21.1 Å². The Hall–Kier alpha value is -2.08. The van der Waals surface area contributed by atoms with Crippen molar-refractivity contribution in [3.05, 3.63) is 29.8 Å².